The van der Waals surface area contributed by atoms with Crippen LogP contribution < -0.4 is 4.90 Å². The van der Waals surface area contributed by atoms with Gasteiger partial charge in [0.25, 0.3) is 0 Å². The van der Waals surface area contributed by atoms with Crippen molar-refractivity contribution in [3.05, 3.63) is 192 Å². The van der Waals surface area contributed by atoms with Crippen molar-refractivity contribution in [2.24, 2.45) is 5.41 Å². The molecule has 0 fully saturated rings. The Labute approximate surface area is 345 Å². The molecule has 1 nitrogen and oxygen atoms in total. The average Bonchev–Trinajstić information content (AvgIpc) is 3.56. The molecule has 0 saturated heterocycles. The molecule has 0 aliphatic carbocycles. The number of hydrogen-bond donors (Lipinski definition) is 0. The lowest BCUT2D eigenvalue weighted by Gasteiger charge is -2.28. The Morgan fingerprint density at radius 2 is 1.19 bits per heavy atom. The van der Waals surface area contributed by atoms with Crippen LogP contribution in [0.15, 0.2) is 169 Å². The molecule has 0 atom stereocenters. The summed E-state index contributed by atoms with van der Waals surface area (Å²) in [5.41, 5.74) is 14.8. The molecule has 0 bridgehead atoms. The van der Waals surface area contributed by atoms with Gasteiger partial charge in [-0.2, -0.15) is 0 Å². The Bertz CT molecular complexity index is 2620. The summed E-state index contributed by atoms with van der Waals surface area (Å²) in [5.74, 6) is 0. The Morgan fingerprint density at radius 1 is 0.632 bits per heavy atom. The van der Waals surface area contributed by atoms with E-state index in [2.05, 4.69) is 224 Å². The quantitative estimate of drug-likeness (QED) is 0.125. The van der Waals surface area contributed by atoms with Gasteiger partial charge in [0.1, 0.15) is 0 Å². The van der Waals surface area contributed by atoms with Crippen molar-refractivity contribution in [1.82, 2.24) is 0 Å². The van der Waals surface area contributed by atoms with E-state index in [4.69, 9.17) is 0 Å². The second-order valence-corrected chi connectivity index (χ2v) is 18.5. The highest BCUT2D eigenvalue weighted by Gasteiger charge is 2.18. The molecule has 0 aliphatic heterocycles. The first-order valence-corrected chi connectivity index (χ1v) is 20.9. The van der Waals surface area contributed by atoms with Gasteiger partial charge in [-0.1, -0.05) is 175 Å². The van der Waals surface area contributed by atoms with Crippen molar-refractivity contribution >= 4 is 55.0 Å². The molecular weight excluding hydrogens is 707 g/mol. The summed E-state index contributed by atoms with van der Waals surface area (Å²) in [6, 6.07) is 49.3. The first kappa shape index (κ1) is 39.5. The molecule has 0 spiro atoms. The highest BCUT2D eigenvalue weighted by atomic mass is 32.1. The average molecular weight is 762 g/mol. The third-order valence-corrected chi connectivity index (χ3v) is 11.9. The molecular formula is C55H55NS. The van der Waals surface area contributed by atoms with Crippen molar-refractivity contribution in [1.29, 1.82) is 0 Å². The molecule has 1 aromatic heterocycles. The maximum absolute atomic E-state index is 4.09. The van der Waals surface area contributed by atoms with Crippen molar-refractivity contribution in [3.8, 4) is 22.3 Å². The van der Waals surface area contributed by atoms with Crippen molar-refractivity contribution in [3.63, 3.8) is 0 Å². The smallest absolute Gasteiger partial charge is 0.0443 e. The van der Waals surface area contributed by atoms with E-state index in [9.17, 15) is 0 Å². The largest absolute Gasteiger partial charge is 0.337 e. The number of aryl methyl sites for hydroxylation is 1. The van der Waals surface area contributed by atoms with Gasteiger partial charge in [0.15, 0.2) is 0 Å². The van der Waals surface area contributed by atoms with Gasteiger partial charge in [-0.25, -0.2) is 0 Å². The normalized spacial score (nSPS) is 12.7. The lowest BCUT2D eigenvalue weighted by Crippen LogP contribution is -2.19. The number of nitrogens with zero attached hydrogens (tertiary/aromatic N) is 1. The zero-order chi connectivity index (χ0) is 40.3. The zero-order valence-corrected chi connectivity index (χ0v) is 35.7. The topological polar surface area (TPSA) is 3.24 Å². The van der Waals surface area contributed by atoms with Crippen LogP contribution in [-0.4, -0.2) is 6.54 Å². The molecule has 0 amide bonds. The van der Waals surface area contributed by atoms with E-state index >= 15 is 0 Å². The molecule has 6 aromatic carbocycles. The van der Waals surface area contributed by atoms with Crippen molar-refractivity contribution in [2.75, 3.05) is 11.4 Å². The van der Waals surface area contributed by atoms with Gasteiger partial charge >= 0.3 is 0 Å². The summed E-state index contributed by atoms with van der Waals surface area (Å²) in [6.07, 6.45) is 11.1. The number of rotatable bonds is 10. The number of thiophene rings is 1. The number of allylic oxidation sites excluding steroid dienone is 4. The molecule has 286 valence electrons. The molecule has 7 rings (SSSR count). The van der Waals surface area contributed by atoms with E-state index in [1.807, 2.05) is 18.3 Å². The van der Waals surface area contributed by atoms with E-state index in [-0.39, 0.29) is 10.8 Å². The van der Waals surface area contributed by atoms with Crippen LogP contribution in [0.2, 0.25) is 0 Å². The Morgan fingerprint density at radius 3 is 1.74 bits per heavy atom. The summed E-state index contributed by atoms with van der Waals surface area (Å²) in [6.45, 7) is 22.7. The molecule has 1 heterocycles. The van der Waals surface area contributed by atoms with E-state index in [1.54, 1.807) is 0 Å². The van der Waals surface area contributed by atoms with E-state index < -0.39 is 0 Å². The van der Waals surface area contributed by atoms with Crippen LogP contribution in [0.5, 0.6) is 0 Å². The summed E-state index contributed by atoms with van der Waals surface area (Å²) in [5, 5.41) is 2.63. The minimum atomic E-state index is 0.0528. The molecule has 7 aromatic rings. The molecule has 0 radical (unpaired) electrons. The molecule has 0 aliphatic rings. The fraction of sp³-hybridized carbons (Fsp3) is 0.200. The molecule has 0 unspecified atom stereocenters. The molecule has 0 N–H and O–H groups in total. The van der Waals surface area contributed by atoms with Crippen LogP contribution in [0.4, 0.5) is 11.4 Å². The van der Waals surface area contributed by atoms with Crippen molar-refractivity contribution < 1.29 is 0 Å². The minimum absolute atomic E-state index is 0.0528. The number of fused-ring (bicyclic) bond motifs is 3. The fourth-order valence-corrected chi connectivity index (χ4v) is 8.41. The first-order valence-electron chi connectivity index (χ1n) is 20.1. The maximum Gasteiger partial charge on any atom is 0.0443 e. The first-order chi connectivity index (χ1) is 27.2. The third kappa shape index (κ3) is 9.30. The van der Waals surface area contributed by atoms with E-state index in [0.717, 1.165) is 12.1 Å². The third-order valence-electron chi connectivity index (χ3n) is 10.7. The summed E-state index contributed by atoms with van der Waals surface area (Å²) in [4.78, 5) is 2.43. The van der Waals surface area contributed by atoms with Gasteiger partial charge in [-0.15, -0.1) is 11.3 Å². The minimum Gasteiger partial charge on any atom is -0.337 e. The van der Waals surface area contributed by atoms with Crippen LogP contribution in [0.1, 0.15) is 70.7 Å². The Hall–Kier alpha value is -5.70. The van der Waals surface area contributed by atoms with E-state index in [1.165, 1.54) is 81.6 Å². The lowest BCUT2D eigenvalue weighted by atomic mass is 9.85. The second-order valence-electron chi connectivity index (χ2n) is 17.4. The fourth-order valence-electron chi connectivity index (χ4n) is 7.35. The molecule has 57 heavy (non-hydrogen) atoms. The summed E-state index contributed by atoms with van der Waals surface area (Å²) >= 11 is 1.87. The summed E-state index contributed by atoms with van der Waals surface area (Å²) in [7, 11) is 0. The number of anilines is 2. The SMILES string of the molecule is C=C(C)/C=C(\C=C/c1ccc(/C=C/CN(c2ccc(-c3ccc4sc5ccc(-c6ccccc6)cc5c4c3)cc2)c2ccc(C(C)(C)C)cc2C)cc1)C(C)(C)C. The monoisotopic (exact) mass is 761 g/mol. The predicted molar refractivity (Wildman–Crippen MR) is 254 cm³/mol. The van der Waals surface area contributed by atoms with Gasteiger partial charge in [0, 0.05) is 38.1 Å². The standard InChI is InChI=1S/C55H55NS/c1-38(2)34-46(54(4,5)6)26-21-41-19-17-40(18-20-41)14-13-33-56(51-30-27-47(35-39(51)3)55(7,8)9)48-28-22-43(23-29-48)45-25-32-53-50(37-45)49-36-44(24-31-52(49)57-53)42-15-11-10-12-16-42/h10-32,34-37H,1,33H2,2-9H3/b14-13+,26-21-,46-34+. The van der Waals surface area contributed by atoms with Crippen LogP contribution >= 0.6 is 11.3 Å². The van der Waals surface area contributed by atoms with E-state index in [0.29, 0.717) is 0 Å². The van der Waals surface area contributed by atoms with Gasteiger partial charge in [-0.05, 0) is 117 Å². The van der Waals surface area contributed by atoms with Crippen LogP contribution in [-0.2, 0) is 5.41 Å². The highest BCUT2D eigenvalue weighted by Crippen LogP contribution is 2.39. The highest BCUT2D eigenvalue weighted by molar-refractivity contribution is 7.25. The lowest BCUT2D eigenvalue weighted by molar-refractivity contribution is 0.517. The van der Waals surface area contributed by atoms with Crippen LogP contribution in [0.25, 0.3) is 54.6 Å². The van der Waals surface area contributed by atoms with Crippen molar-refractivity contribution in [2.45, 2.75) is 60.8 Å². The number of benzene rings is 6. The Balaban J connectivity index is 1.16. The van der Waals surface area contributed by atoms with Gasteiger partial charge in [0.2, 0.25) is 0 Å². The molecule has 0 saturated carbocycles. The van der Waals surface area contributed by atoms with Crippen LogP contribution in [0, 0.1) is 12.3 Å². The van der Waals surface area contributed by atoms with Gasteiger partial charge in [-0.3, -0.25) is 0 Å². The predicted octanol–water partition coefficient (Wildman–Crippen LogP) is 16.4. The Kier molecular flexibility index (Phi) is 11.4. The van der Waals surface area contributed by atoms with Crippen LogP contribution in [0.3, 0.4) is 0 Å². The maximum atomic E-state index is 4.09. The zero-order valence-electron chi connectivity index (χ0n) is 34.9. The van der Waals surface area contributed by atoms with Gasteiger partial charge in [0.05, 0.1) is 0 Å². The molecule has 2 heteroatoms. The summed E-state index contributed by atoms with van der Waals surface area (Å²) < 4.78 is 2.64. The van der Waals surface area contributed by atoms with Gasteiger partial charge < -0.3 is 4.90 Å². The number of hydrogen-bond acceptors (Lipinski definition) is 2. The second kappa shape index (κ2) is 16.4.